The molecule has 0 fully saturated rings. The van der Waals surface area contributed by atoms with Crippen LogP contribution in [-0.2, 0) is 24.7 Å². The topological polar surface area (TPSA) is 0 Å². The average molecular weight is 383 g/mol. The number of halogens is 2. The summed E-state index contributed by atoms with van der Waals surface area (Å²) in [5, 5.41) is 0. The molecule has 0 aromatic heterocycles. The summed E-state index contributed by atoms with van der Waals surface area (Å²) in [4.78, 5) is 0. The molecule has 0 atom stereocenters. The van der Waals surface area contributed by atoms with Crippen molar-refractivity contribution in [1.29, 1.82) is 0 Å². The SMILES string of the molecule is Cl.Cl.[Zr][CH]1C=CC=C1.c1ccc(-c2ccccc2)cc1. The van der Waals surface area contributed by atoms with Crippen molar-refractivity contribution in [3.05, 3.63) is 85.0 Å². The van der Waals surface area contributed by atoms with E-state index < -0.39 is 0 Å². The summed E-state index contributed by atoms with van der Waals surface area (Å²) in [5.41, 5.74) is 2.55. The predicted molar refractivity (Wildman–Crippen MR) is 88.4 cm³/mol. The zero-order valence-electron chi connectivity index (χ0n) is 11.0. The Labute approximate surface area is 148 Å². The number of hydrogen-bond donors (Lipinski definition) is 0. The molecule has 20 heavy (non-hydrogen) atoms. The van der Waals surface area contributed by atoms with Crippen LogP contribution in [0.15, 0.2) is 85.0 Å². The summed E-state index contributed by atoms with van der Waals surface area (Å²) in [7, 11) is 0. The molecule has 2 aromatic rings. The van der Waals surface area contributed by atoms with Gasteiger partial charge in [-0.2, -0.15) is 0 Å². The molecule has 3 rings (SSSR count). The second-order valence-corrected chi connectivity index (χ2v) is 5.67. The number of allylic oxidation sites excluding steroid dienone is 4. The van der Waals surface area contributed by atoms with Crippen LogP contribution in [0.2, 0.25) is 3.63 Å². The molecule has 1 aliphatic carbocycles. The van der Waals surface area contributed by atoms with Crippen LogP contribution in [0, 0.1) is 0 Å². The third-order valence-electron chi connectivity index (χ3n) is 2.63. The largest absolute Gasteiger partial charge is 0.0622 e. The predicted octanol–water partition coefficient (Wildman–Crippen LogP) is 5.64. The maximum Gasteiger partial charge on any atom is -0.0184 e. The van der Waals surface area contributed by atoms with Crippen molar-refractivity contribution in [2.75, 3.05) is 0 Å². The molecule has 0 heterocycles. The maximum absolute atomic E-state index is 2.21. The first-order chi connectivity index (χ1) is 8.86. The first-order valence-electron chi connectivity index (χ1n) is 6.03. The first-order valence-corrected chi connectivity index (χ1v) is 7.45. The molecule has 0 bridgehead atoms. The van der Waals surface area contributed by atoms with Gasteiger partial charge in [0, 0.05) is 0 Å². The maximum atomic E-state index is 2.21. The Morgan fingerprint density at radius 2 is 0.950 bits per heavy atom. The number of benzene rings is 2. The Kier molecular flexibility index (Phi) is 10.7. The fourth-order valence-electron chi connectivity index (χ4n) is 1.69. The molecule has 2 aromatic carbocycles. The Morgan fingerprint density at radius 1 is 0.600 bits per heavy atom. The Balaban J connectivity index is 0.000000390. The fraction of sp³-hybridized carbons (Fsp3) is 0.0588. The molecule has 0 saturated heterocycles. The van der Waals surface area contributed by atoms with Crippen LogP contribution < -0.4 is 0 Å². The average Bonchev–Trinajstić information content (AvgIpc) is 2.93. The number of rotatable bonds is 1. The fourth-order valence-corrected chi connectivity index (χ4v) is 2.24. The van der Waals surface area contributed by atoms with Crippen molar-refractivity contribution in [3.63, 3.8) is 0 Å². The monoisotopic (exact) mass is 381 g/mol. The van der Waals surface area contributed by atoms with Crippen molar-refractivity contribution < 1.29 is 24.7 Å². The Hall–Kier alpha value is -0.617. The molecule has 0 N–H and O–H groups in total. The molecule has 0 nitrogen and oxygen atoms in total. The summed E-state index contributed by atoms with van der Waals surface area (Å²) in [6.07, 6.45) is 8.61. The minimum absolute atomic E-state index is 0. The van der Waals surface area contributed by atoms with Crippen molar-refractivity contribution in [2.24, 2.45) is 0 Å². The van der Waals surface area contributed by atoms with Crippen molar-refractivity contribution in [3.8, 4) is 11.1 Å². The minimum atomic E-state index is 0. The van der Waals surface area contributed by atoms with Gasteiger partial charge in [0.05, 0.1) is 0 Å². The van der Waals surface area contributed by atoms with E-state index in [4.69, 9.17) is 0 Å². The molecule has 0 spiro atoms. The molecule has 0 unspecified atom stereocenters. The van der Waals surface area contributed by atoms with Gasteiger partial charge in [-0.3, -0.25) is 0 Å². The molecular weight excluding hydrogens is 366 g/mol. The van der Waals surface area contributed by atoms with Crippen LogP contribution in [0.1, 0.15) is 0 Å². The van der Waals surface area contributed by atoms with Crippen molar-refractivity contribution >= 4 is 24.8 Å². The molecular formula is C17H17Cl2Zr. The van der Waals surface area contributed by atoms with Crippen LogP contribution >= 0.6 is 24.8 Å². The third kappa shape index (κ3) is 6.70. The van der Waals surface area contributed by atoms with Crippen molar-refractivity contribution in [2.45, 2.75) is 3.63 Å². The molecule has 0 aliphatic heterocycles. The van der Waals surface area contributed by atoms with Gasteiger partial charge in [0.15, 0.2) is 0 Å². The van der Waals surface area contributed by atoms with Gasteiger partial charge in [-0.25, -0.2) is 0 Å². The Morgan fingerprint density at radius 3 is 1.20 bits per heavy atom. The van der Waals surface area contributed by atoms with Gasteiger partial charge < -0.3 is 0 Å². The van der Waals surface area contributed by atoms with E-state index in [1.807, 2.05) is 12.1 Å². The molecule has 0 saturated carbocycles. The van der Waals surface area contributed by atoms with E-state index in [1.54, 1.807) is 24.7 Å². The molecule has 103 valence electrons. The van der Waals surface area contributed by atoms with Crippen molar-refractivity contribution in [1.82, 2.24) is 0 Å². The molecule has 1 aliphatic rings. The van der Waals surface area contributed by atoms with Crippen LogP contribution in [0.4, 0.5) is 0 Å². The van der Waals surface area contributed by atoms with E-state index in [1.165, 1.54) is 11.1 Å². The van der Waals surface area contributed by atoms with Gasteiger partial charge in [0.25, 0.3) is 0 Å². The van der Waals surface area contributed by atoms with E-state index in [0.29, 0.717) is 0 Å². The van der Waals surface area contributed by atoms with E-state index in [0.717, 1.165) is 3.63 Å². The summed E-state index contributed by atoms with van der Waals surface area (Å²) in [5.74, 6) is 0. The van der Waals surface area contributed by atoms with Gasteiger partial charge in [-0.1, -0.05) is 60.7 Å². The van der Waals surface area contributed by atoms with Gasteiger partial charge in [0.2, 0.25) is 0 Å². The van der Waals surface area contributed by atoms with E-state index in [2.05, 4.69) is 72.8 Å². The summed E-state index contributed by atoms with van der Waals surface area (Å²) < 4.78 is 0.775. The molecule has 3 heteroatoms. The summed E-state index contributed by atoms with van der Waals surface area (Å²) >= 11 is 1.59. The van der Waals surface area contributed by atoms with Gasteiger partial charge in [-0.05, 0) is 11.1 Å². The second kappa shape index (κ2) is 11.1. The third-order valence-corrected chi connectivity index (χ3v) is 3.58. The first kappa shape index (κ1) is 19.4. The van der Waals surface area contributed by atoms with Gasteiger partial charge >= 0.3 is 52.6 Å². The standard InChI is InChI=1S/C12H10.C5H5.2ClH.Zr/c1-3-7-11(8-4-1)12-9-5-2-6-10-12;1-2-4-5-3-1;;;/h1-10H;1-5H;2*1H;. The summed E-state index contributed by atoms with van der Waals surface area (Å²) in [6, 6.07) is 20.8. The van der Waals surface area contributed by atoms with Crippen LogP contribution in [-0.4, -0.2) is 0 Å². The van der Waals surface area contributed by atoms with Gasteiger partial charge in [0.1, 0.15) is 0 Å². The van der Waals surface area contributed by atoms with Crippen LogP contribution in [0.3, 0.4) is 0 Å². The zero-order valence-corrected chi connectivity index (χ0v) is 15.1. The molecule has 0 radical (unpaired) electrons. The van der Waals surface area contributed by atoms with Crippen LogP contribution in [0.5, 0.6) is 0 Å². The number of hydrogen-bond acceptors (Lipinski definition) is 0. The van der Waals surface area contributed by atoms with E-state index in [-0.39, 0.29) is 24.8 Å². The normalized spacial score (nSPS) is 11.8. The zero-order chi connectivity index (χ0) is 12.6. The van der Waals surface area contributed by atoms with E-state index in [9.17, 15) is 0 Å². The van der Waals surface area contributed by atoms with Crippen LogP contribution in [0.25, 0.3) is 11.1 Å². The minimum Gasteiger partial charge on any atom is -0.0622 e. The second-order valence-electron chi connectivity index (χ2n) is 4.03. The molecule has 0 amide bonds. The Bertz CT molecular complexity index is 472. The summed E-state index contributed by atoms with van der Waals surface area (Å²) in [6.45, 7) is 0. The smallest absolute Gasteiger partial charge is 0.0184 e. The quantitative estimate of drug-likeness (QED) is 0.597. The van der Waals surface area contributed by atoms with Gasteiger partial charge in [-0.15, -0.1) is 24.8 Å². The van der Waals surface area contributed by atoms with E-state index >= 15 is 0 Å².